The second kappa shape index (κ2) is 5.62. The van der Waals surface area contributed by atoms with Gasteiger partial charge in [-0.05, 0) is 17.2 Å². The molecule has 2 rings (SSSR count). The summed E-state index contributed by atoms with van der Waals surface area (Å²) in [6.07, 6.45) is 7.06. The number of rotatable bonds is 4. The van der Waals surface area contributed by atoms with Gasteiger partial charge in [0.15, 0.2) is 0 Å². The van der Waals surface area contributed by atoms with E-state index in [-0.39, 0.29) is 5.96 Å². The Balaban J connectivity index is 2.10. The lowest BCUT2D eigenvalue weighted by molar-refractivity contribution is 0.797. The molecule has 0 spiro atoms. The summed E-state index contributed by atoms with van der Waals surface area (Å²) in [5.41, 5.74) is 12.5. The first-order valence-corrected chi connectivity index (χ1v) is 5.41. The molecule has 1 aromatic heterocycles. The normalized spacial score (nSPS) is 10.7. The minimum Gasteiger partial charge on any atom is -0.369 e. The van der Waals surface area contributed by atoms with Gasteiger partial charge in [-0.25, -0.2) is 4.98 Å². The van der Waals surface area contributed by atoms with E-state index in [9.17, 15) is 0 Å². The third-order valence-electron chi connectivity index (χ3n) is 2.26. The van der Waals surface area contributed by atoms with Gasteiger partial charge in [0.2, 0.25) is 5.96 Å². The van der Waals surface area contributed by atoms with E-state index in [0.717, 1.165) is 17.7 Å². The number of guanidine groups is 1. The Morgan fingerprint density at radius 2 is 2.28 bits per heavy atom. The summed E-state index contributed by atoms with van der Waals surface area (Å²) in [4.78, 5) is 4.00. The first-order valence-electron chi connectivity index (χ1n) is 5.41. The highest BCUT2D eigenvalue weighted by atomic mass is 15.3. The number of nitrogens with two attached hydrogens (primary N) is 2. The molecule has 1 heterocycles. The van der Waals surface area contributed by atoms with Crippen molar-refractivity contribution in [2.24, 2.45) is 21.7 Å². The Labute approximate surface area is 105 Å². The average Bonchev–Trinajstić information content (AvgIpc) is 2.82. The molecule has 1 aromatic carbocycles. The van der Waals surface area contributed by atoms with Gasteiger partial charge in [-0.2, -0.15) is 5.10 Å². The fraction of sp³-hybridized carbons (Fsp3) is 0.0833. The van der Waals surface area contributed by atoms with Crippen LogP contribution in [0.1, 0.15) is 11.1 Å². The molecule has 0 radical (unpaired) electrons. The zero-order valence-corrected chi connectivity index (χ0v) is 9.77. The van der Waals surface area contributed by atoms with Gasteiger partial charge in [-0.1, -0.05) is 18.2 Å². The Bertz CT molecular complexity index is 552. The first kappa shape index (κ1) is 11.8. The summed E-state index contributed by atoms with van der Waals surface area (Å²) in [6.45, 7) is 0.768. The lowest BCUT2D eigenvalue weighted by Gasteiger charge is -2.03. The minimum absolute atomic E-state index is 0.0548. The number of nitrogens with zero attached hydrogens (tertiary/aromatic N) is 4. The highest BCUT2D eigenvalue weighted by Crippen LogP contribution is 2.05. The lowest BCUT2D eigenvalue weighted by Crippen LogP contribution is -2.21. The van der Waals surface area contributed by atoms with Crippen molar-refractivity contribution in [1.82, 2.24) is 9.55 Å². The van der Waals surface area contributed by atoms with Crippen LogP contribution in [-0.2, 0) is 6.54 Å². The van der Waals surface area contributed by atoms with E-state index < -0.39 is 0 Å². The molecule has 6 nitrogen and oxygen atoms in total. The van der Waals surface area contributed by atoms with Gasteiger partial charge in [0.05, 0.1) is 12.5 Å². The molecule has 6 heteroatoms. The van der Waals surface area contributed by atoms with Gasteiger partial charge in [0.25, 0.3) is 0 Å². The van der Waals surface area contributed by atoms with Crippen LogP contribution >= 0.6 is 0 Å². The minimum atomic E-state index is -0.0548. The van der Waals surface area contributed by atoms with Crippen molar-refractivity contribution in [3.8, 4) is 0 Å². The van der Waals surface area contributed by atoms with Crippen molar-refractivity contribution in [1.29, 1.82) is 0 Å². The van der Waals surface area contributed by atoms with Crippen molar-refractivity contribution in [3.63, 3.8) is 0 Å². The van der Waals surface area contributed by atoms with Crippen molar-refractivity contribution in [2.75, 3.05) is 0 Å². The summed E-state index contributed by atoms with van der Waals surface area (Å²) in [5.74, 6) is -0.0548. The second-order valence-corrected chi connectivity index (χ2v) is 3.75. The zero-order valence-electron chi connectivity index (χ0n) is 9.77. The number of benzene rings is 1. The Morgan fingerprint density at radius 3 is 3.00 bits per heavy atom. The molecular weight excluding hydrogens is 228 g/mol. The van der Waals surface area contributed by atoms with Gasteiger partial charge in [-0.15, -0.1) is 5.10 Å². The van der Waals surface area contributed by atoms with Crippen LogP contribution in [0.5, 0.6) is 0 Å². The molecule has 0 aliphatic rings. The van der Waals surface area contributed by atoms with Gasteiger partial charge in [0.1, 0.15) is 0 Å². The van der Waals surface area contributed by atoms with Crippen LogP contribution in [0.4, 0.5) is 0 Å². The van der Waals surface area contributed by atoms with E-state index in [1.807, 2.05) is 35.0 Å². The van der Waals surface area contributed by atoms with E-state index >= 15 is 0 Å². The van der Waals surface area contributed by atoms with E-state index in [2.05, 4.69) is 15.2 Å². The fourth-order valence-electron chi connectivity index (χ4n) is 1.53. The summed E-state index contributed by atoms with van der Waals surface area (Å²) in [7, 11) is 0. The van der Waals surface area contributed by atoms with Crippen molar-refractivity contribution in [3.05, 3.63) is 54.1 Å². The van der Waals surface area contributed by atoms with Crippen LogP contribution in [0.25, 0.3) is 0 Å². The van der Waals surface area contributed by atoms with Crippen molar-refractivity contribution in [2.45, 2.75) is 6.54 Å². The molecule has 0 amide bonds. The van der Waals surface area contributed by atoms with Crippen LogP contribution in [0.3, 0.4) is 0 Å². The maximum absolute atomic E-state index is 5.18. The summed E-state index contributed by atoms with van der Waals surface area (Å²) in [6, 6.07) is 7.95. The van der Waals surface area contributed by atoms with Crippen molar-refractivity contribution >= 4 is 12.2 Å². The largest absolute Gasteiger partial charge is 0.369 e. The third-order valence-corrected chi connectivity index (χ3v) is 2.26. The Hall–Kier alpha value is -2.63. The molecule has 0 atom stereocenters. The maximum Gasteiger partial charge on any atom is 0.211 e. The summed E-state index contributed by atoms with van der Waals surface area (Å²) >= 11 is 0. The molecule has 0 saturated heterocycles. The van der Waals surface area contributed by atoms with E-state index in [4.69, 9.17) is 11.5 Å². The molecule has 92 valence electrons. The average molecular weight is 242 g/mol. The van der Waals surface area contributed by atoms with Gasteiger partial charge in [0, 0.05) is 18.9 Å². The first-order chi connectivity index (χ1) is 8.74. The molecule has 2 aromatic rings. The summed E-state index contributed by atoms with van der Waals surface area (Å²) in [5, 5.41) is 7.32. The van der Waals surface area contributed by atoms with E-state index in [1.54, 1.807) is 18.7 Å². The van der Waals surface area contributed by atoms with Crippen LogP contribution in [0.2, 0.25) is 0 Å². The topological polar surface area (TPSA) is 94.6 Å². The number of imidazole rings is 1. The third kappa shape index (κ3) is 3.44. The molecule has 0 unspecified atom stereocenters. The highest BCUT2D eigenvalue weighted by Gasteiger charge is 1.95. The molecule has 0 saturated carbocycles. The van der Waals surface area contributed by atoms with E-state index in [1.165, 1.54) is 0 Å². The predicted octanol–water partition coefficient (Wildman–Crippen LogP) is 0.539. The smallest absolute Gasteiger partial charge is 0.211 e. The van der Waals surface area contributed by atoms with Gasteiger partial charge < -0.3 is 16.0 Å². The number of hydrogen-bond donors (Lipinski definition) is 2. The van der Waals surface area contributed by atoms with Gasteiger partial charge >= 0.3 is 0 Å². The van der Waals surface area contributed by atoms with Crippen LogP contribution < -0.4 is 11.5 Å². The van der Waals surface area contributed by atoms with Crippen LogP contribution in [0, 0.1) is 0 Å². The molecule has 0 bridgehead atoms. The Morgan fingerprint density at radius 1 is 1.39 bits per heavy atom. The number of aromatic nitrogens is 2. The Kier molecular flexibility index (Phi) is 3.70. The molecule has 18 heavy (non-hydrogen) atoms. The lowest BCUT2D eigenvalue weighted by atomic mass is 10.1. The second-order valence-electron chi connectivity index (χ2n) is 3.75. The monoisotopic (exact) mass is 242 g/mol. The predicted molar refractivity (Wildman–Crippen MR) is 71.2 cm³/mol. The molecule has 4 N–H and O–H groups in total. The standard InChI is InChI=1S/C12H14N6/c13-12(14)17-16-7-10-2-1-3-11(6-10)8-18-5-4-15-9-18/h1-7,9H,8H2,(H4,13,14,17). The SMILES string of the molecule is NC(N)=NN=Cc1cccc(Cn2ccnc2)c1. The van der Waals surface area contributed by atoms with E-state index in [0.29, 0.717) is 0 Å². The zero-order chi connectivity index (χ0) is 12.8. The quantitative estimate of drug-likeness (QED) is 0.465. The summed E-state index contributed by atoms with van der Waals surface area (Å²) < 4.78 is 1.99. The highest BCUT2D eigenvalue weighted by molar-refractivity contribution is 5.81. The van der Waals surface area contributed by atoms with Gasteiger partial charge in [-0.3, -0.25) is 0 Å². The van der Waals surface area contributed by atoms with Crippen molar-refractivity contribution < 1.29 is 0 Å². The molecule has 0 aliphatic carbocycles. The molecular formula is C12H14N6. The molecule has 0 aliphatic heterocycles. The fourth-order valence-corrected chi connectivity index (χ4v) is 1.53. The maximum atomic E-state index is 5.18. The number of hydrogen-bond acceptors (Lipinski definition) is 3. The van der Waals surface area contributed by atoms with Crippen LogP contribution in [0.15, 0.2) is 53.2 Å². The van der Waals surface area contributed by atoms with Crippen LogP contribution in [-0.4, -0.2) is 21.7 Å². The molecule has 0 fully saturated rings.